The monoisotopic (exact) mass is 426 g/mol. The molecule has 0 aliphatic carbocycles. The van der Waals surface area contributed by atoms with E-state index in [1.165, 1.54) is 16.9 Å². The number of amides is 1. The van der Waals surface area contributed by atoms with E-state index in [0.29, 0.717) is 18.1 Å². The van der Waals surface area contributed by atoms with Crippen molar-refractivity contribution >= 4 is 11.7 Å². The molecule has 0 saturated heterocycles. The van der Waals surface area contributed by atoms with Crippen LogP contribution in [0.5, 0.6) is 0 Å². The summed E-state index contributed by atoms with van der Waals surface area (Å²) in [5.41, 5.74) is 0.887. The lowest BCUT2D eigenvalue weighted by atomic mass is 10.2. The molecule has 0 atom stereocenters. The first-order valence-electron chi connectivity index (χ1n) is 9.28. The molecule has 10 heteroatoms. The van der Waals surface area contributed by atoms with Gasteiger partial charge in [-0.05, 0) is 24.6 Å². The van der Waals surface area contributed by atoms with Crippen molar-refractivity contribution in [3.05, 3.63) is 89.5 Å². The Bertz CT molecular complexity index is 1200. The van der Waals surface area contributed by atoms with E-state index in [2.05, 4.69) is 20.5 Å². The van der Waals surface area contributed by atoms with Crippen LogP contribution in [0.15, 0.2) is 67.1 Å². The molecule has 158 valence electrons. The van der Waals surface area contributed by atoms with Crippen molar-refractivity contribution in [3.63, 3.8) is 0 Å². The van der Waals surface area contributed by atoms with Crippen molar-refractivity contribution in [1.29, 1.82) is 0 Å². The molecule has 0 spiro atoms. The second kappa shape index (κ2) is 8.05. The molecular formula is C21H17F3N6O. The van der Waals surface area contributed by atoms with Gasteiger partial charge in [-0.15, -0.1) is 0 Å². The lowest BCUT2D eigenvalue weighted by Gasteiger charge is -2.10. The smallest absolute Gasteiger partial charge is 0.307 e. The van der Waals surface area contributed by atoms with E-state index in [1.54, 1.807) is 23.9 Å². The number of nitrogens with one attached hydrogen (secondary N) is 1. The number of hydrogen-bond acceptors (Lipinski definition) is 4. The highest BCUT2D eigenvalue weighted by molar-refractivity contribution is 6.04. The maximum absolute atomic E-state index is 12.8. The maximum atomic E-state index is 12.8. The third-order valence-corrected chi connectivity index (χ3v) is 4.68. The Morgan fingerprint density at radius 2 is 1.81 bits per heavy atom. The minimum atomic E-state index is -4.47. The van der Waals surface area contributed by atoms with Crippen LogP contribution in [0.1, 0.15) is 27.2 Å². The Labute approximate surface area is 175 Å². The van der Waals surface area contributed by atoms with Crippen molar-refractivity contribution in [2.24, 2.45) is 0 Å². The van der Waals surface area contributed by atoms with E-state index in [0.717, 1.165) is 17.8 Å². The van der Waals surface area contributed by atoms with Gasteiger partial charge in [-0.1, -0.05) is 30.3 Å². The summed E-state index contributed by atoms with van der Waals surface area (Å²) in [6.07, 6.45) is -0.806. The molecule has 3 aromatic heterocycles. The summed E-state index contributed by atoms with van der Waals surface area (Å²) < 4.78 is 41.2. The zero-order valence-electron chi connectivity index (χ0n) is 16.3. The average Bonchev–Trinajstić information content (AvgIpc) is 3.34. The average molecular weight is 426 g/mol. The van der Waals surface area contributed by atoms with Crippen LogP contribution >= 0.6 is 0 Å². The van der Waals surface area contributed by atoms with E-state index in [9.17, 15) is 18.0 Å². The fourth-order valence-corrected chi connectivity index (χ4v) is 3.05. The second-order valence-corrected chi connectivity index (χ2v) is 6.77. The van der Waals surface area contributed by atoms with Gasteiger partial charge in [-0.3, -0.25) is 4.79 Å². The van der Waals surface area contributed by atoms with Gasteiger partial charge in [0.2, 0.25) is 0 Å². The fraction of sp³-hybridized carbons (Fsp3) is 0.143. The lowest BCUT2D eigenvalue weighted by Crippen LogP contribution is -2.17. The van der Waals surface area contributed by atoms with Gasteiger partial charge < -0.3 is 5.32 Å². The second-order valence-electron chi connectivity index (χ2n) is 6.77. The van der Waals surface area contributed by atoms with Crippen LogP contribution in [0.4, 0.5) is 19.0 Å². The zero-order valence-corrected chi connectivity index (χ0v) is 16.3. The predicted octanol–water partition coefficient (Wildman–Crippen LogP) is 4.09. The first kappa shape index (κ1) is 20.3. The summed E-state index contributed by atoms with van der Waals surface area (Å²) in [7, 11) is 0. The number of benzene rings is 1. The van der Waals surface area contributed by atoms with Crippen LogP contribution < -0.4 is 5.32 Å². The highest BCUT2D eigenvalue weighted by Crippen LogP contribution is 2.29. The van der Waals surface area contributed by atoms with Gasteiger partial charge in [0, 0.05) is 12.3 Å². The van der Waals surface area contributed by atoms with Crippen LogP contribution in [0.2, 0.25) is 0 Å². The number of halogens is 3. The maximum Gasteiger partial charge on any atom is 0.417 e. The third-order valence-electron chi connectivity index (χ3n) is 4.68. The third kappa shape index (κ3) is 4.32. The fourth-order valence-electron chi connectivity index (χ4n) is 3.05. The first-order valence-corrected chi connectivity index (χ1v) is 9.28. The topological polar surface area (TPSA) is 77.6 Å². The lowest BCUT2D eigenvalue weighted by molar-refractivity contribution is -0.137. The van der Waals surface area contributed by atoms with Gasteiger partial charge in [-0.25, -0.2) is 14.3 Å². The van der Waals surface area contributed by atoms with Crippen LogP contribution in [-0.4, -0.2) is 30.5 Å². The highest BCUT2D eigenvalue weighted by Gasteiger charge is 2.30. The van der Waals surface area contributed by atoms with E-state index in [-0.39, 0.29) is 11.4 Å². The van der Waals surface area contributed by atoms with Gasteiger partial charge in [0.1, 0.15) is 5.82 Å². The molecule has 0 radical (unpaired) electrons. The Morgan fingerprint density at radius 1 is 1.03 bits per heavy atom. The summed E-state index contributed by atoms with van der Waals surface area (Å²) in [4.78, 5) is 16.6. The van der Waals surface area contributed by atoms with E-state index in [1.807, 2.05) is 30.3 Å². The molecular weight excluding hydrogens is 409 g/mol. The van der Waals surface area contributed by atoms with Gasteiger partial charge in [0.25, 0.3) is 5.91 Å². The summed E-state index contributed by atoms with van der Waals surface area (Å²) in [5, 5.41) is 11.1. The Balaban J connectivity index is 1.52. The minimum Gasteiger partial charge on any atom is -0.307 e. The van der Waals surface area contributed by atoms with Gasteiger partial charge in [0.05, 0.1) is 35.8 Å². The SMILES string of the molecule is Cc1c(C(=O)Nc2ccnn2Cc2ccccc2)cnn1-c1ccc(C(F)(F)F)cn1. The number of rotatable bonds is 5. The molecule has 0 bridgehead atoms. The van der Waals surface area contributed by atoms with Crippen molar-refractivity contribution in [1.82, 2.24) is 24.5 Å². The Hall–Kier alpha value is -3.95. The number of anilines is 1. The Kier molecular flexibility index (Phi) is 5.28. The van der Waals surface area contributed by atoms with Gasteiger partial charge in [0.15, 0.2) is 5.82 Å². The van der Waals surface area contributed by atoms with Crippen LogP contribution in [0.3, 0.4) is 0 Å². The minimum absolute atomic E-state index is 0.179. The molecule has 0 unspecified atom stereocenters. The summed E-state index contributed by atoms with van der Waals surface area (Å²) in [5.74, 6) is 0.276. The molecule has 7 nitrogen and oxygen atoms in total. The number of carbonyl (C=O) groups is 1. The summed E-state index contributed by atoms with van der Waals surface area (Å²) in [6, 6.07) is 13.5. The molecule has 4 rings (SSSR count). The molecule has 0 aliphatic rings. The molecule has 0 saturated carbocycles. The van der Waals surface area contributed by atoms with Gasteiger partial charge in [-0.2, -0.15) is 23.4 Å². The Morgan fingerprint density at radius 3 is 2.48 bits per heavy atom. The predicted molar refractivity (Wildman–Crippen MR) is 107 cm³/mol. The molecule has 31 heavy (non-hydrogen) atoms. The van der Waals surface area contributed by atoms with Crippen LogP contribution in [-0.2, 0) is 12.7 Å². The van der Waals surface area contributed by atoms with Crippen LogP contribution in [0, 0.1) is 6.92 Å². The van der Waals surface area contributed by atoms with Crippen LogP contribution in [0.25, 0.3) is 5.82 Å². The summed E-state index contributed by atoms with van der Waals surface area (Å²) in [6.45, 7) is 2.12. The van der Waals surface area contributed by atoms with E-state index >= 15 is 0 Å². The van der Waals surface area contributed by atoms with Crippen molar-refractivity contribution < 1.29 is 18.0 Å². The summed E-state index contributed by atoms with van der Waals surface area (Å²) >= 11 is 0. The molecule has 4 aromatic rings. The zero-order chi connectivity index (χ0) is 22.0. The largest absolute Gasteiger partial charge is 0.417 e. The normalized spacial score (nSPS) is 11.5. The number of pyridine rings is 1. The molecule has 3 heterocycles. The van der Waals surface area contributed by atoms with Crippen molar-refractivity contribution in [2.45, 2.75) is 19.6 Å². The van der Waals surface area contributed by atoms with Crippen molar-refractivity contribution in [3.8, 4) is 5.82 Å². The van der Waals surface area contributed by atoms with E-state index < -0.39 is 17.6 Å². The number of carbonyl (C=O) groups excluding carboxylic acids is 1. The molecule has 0 fully saturated rings. The molecule has 1 N–H and O–H groups in total. The number of hydrogen-bond donors (Lipinski definition) is 1. The number of alkyl halides is 3. The highest BCUT2D eigenvalue weighted by atomic mass is 19.4. The van der Waals surface area contributed by atoms with Gasteiger partial charge >= 0.3 is 6.18 Å². The standard InChI is InChI=1S/C21H17F3N6O/c1-14-17(12-27-30(14)18-8-7-16(11-25-18)21(22,23)24)20(31)28-19-9-10-26-29(19)13-15-5-3-2-4-6-15/h2-12H,13H2,1H3,(H,28,31). The molecule has 0 aliphatic heterocycles. The first-order chi connectivity index (χ1) is 14.8. The number of aromatic nitrogens is 5. The van der Waals surface area contributed by atoms with Crippen molar-refractivity contribution in [2.75, 3.05) is 5.32 Å². The van der Waals surface area contributed by atoms with E-state index in [4.69, 9.17) is 0 Å². The molecule has 1 aromatic carbocycles. The molecule has 1 amide bonds. The number of nitrogens with zero attached hydrogens (tertiary/aromatic N) is 5. The quantitative estimate of drug-likeness (QED) is 0.522.